The van der Waals surface area contributed by atoms with Gasteiger partial charge in [0.2, 0.25) is 23.7 Å². The van der Waals surface area contributed by atoms with Gasteiger partial charge in [-0.25, -0.2) is 33.7 Å². The SMILES string of the molecule is C.CCOc1nc(NC(c2ccccc2)(c2ccccc2)c2ccccc2)nc2c1ncn2[C@@H]1O[C@H](COC(c2ccccc2)(c2ccccc2)c2ccccc2)[C@@H](O)[C@@]1(C)F.CCOc1nc(NC(c2ccccc2)(c2ccccc2)c2ccccc2)nc2c1ncn2[C@@H]1O[C@H](COC(c2ccccc2)(c2ccccc2)c2ccccc2)[C@@H](OC(=S)n2ccnc2)[C@@]1(C)F.S=C(n1ccnc1)n1ccnc1. The molecule has 24 nitrogen and oxygen atoms in total. The summed E-state index contributed by atoms with van der Waals surface area (Å²) in [6, 6.07) is 120. The second-order valence-corrected chi connectivity index (χ2v) is 34.9. The Morgan fingerprint density at radius 2 is 0.641 bits per heavy atom. The summed E-state index contributed by atoms with van der Waals surface area (Å²) in [5.41, 5.74) is 3.31. The smallest absolute Gasteiger partial charge is 0.269 e. The fourth-order valence-electron chi connectivity index (χ4n) is 18.9. The Kier molecular flexibility index (Phi) is 29.1. The van der Waals surface area contributed by atoms with Crippen molar-refractivity contribution < 1.29 is 47.0 Å². The van der Waals surface area contributed by atoms with Crippen LogP contribution in [-0.2, 0) is 46.0 Å². The lowest BCUT2D eigenvalue weighted by Gasteiger charge is -2.37. The quantitative estimate of drug-likeness (QED) is 0.0291. The monoisotopic (exact) mass is 1930 g/mol. The lowest BCUT2D eigenvalue weighted by molar-refractivity contribution is -0.0949. The number of hydrogen-bond donors (Lipinski definition) is 3. The van der Waals surface area contributed by atoms with E-state index < -0.39 is 70.5 Å². The van der Waals surface area contributed by atoms with E-state index in [0.717, 1.165) is 66.8 Å². The number of rotatable bonds is 29. The lowest BCUT2D eigenvalue weighted by atomic mass is 9.77. The van der Waals surface area contributed by atoms with Gasteiger partial charge in [-0.05, 0) is 119 Å². The normalized spacial score (nSPS) is 17.9. The van der Waals surface area contributed by atoms with E-state index in [2.05, 4.69) is 103 Å². The third kappa shape index (κ3) is 19.0. The molecule has 0 radical (unpaired) electrons. The van der Waals surface area contributed by atoms with Crippen LogP contribution in [0.4, 0.5) is 20.7 Å². The molecule has 9 heterocycles. The fourth-order valence-corrected chi connectivity index (χ4v) is 19.3. The average molecular weight is 1930 g/mol. The maximum absolute atomic E-state index is 18.4. The van der Waals surface area contributed by atoms with Gasteiger partial charge in [0.05, 0.1) is 39.1 Å². The van der Waals surface area contributed by atoms with Gasteiger partial charge in [-0.2, -0.15) is 19.9 Å². The molecule has 142 heavy (non-hydrogen) atoms. The van der Waals surface area contributed by atoms with E-state index >= 15 is 8.78 Å². The zero-order valence-electron chi connectivity index (χ0n) is 77.4. The predicted octanol–water partition coefficient (Wildman–Crippen LogP) is 21.7. The highest BCUT2D eigenvalue weighted by atomic mass is 32.1. The average Bonchev–Trinajstić information content (AvgIpc) is 1.10. The Morgan fingerprint density at radius 3 is 0.923 bits per heavy atom. The first-order chi connectivity index (χ1) is 69.1. The number of nitrogens with zero attached hydrogens (tertiary/aromatic N) is 14. The van der Waals surface area contributed by atoms with Crippen molar-refractivity contribution in [2.45, 2.75) is 106 Å². The largest absolute Gasteiger partial charge is 0.476 e. The summed E-state index contributed by atoms with van der Waals surface area (Å²) in [7, 11) is 0. The van der Waals surface area contributed by atoms with Gasteiger partial charge in [0.15, 0.2) is 57.3 Å². The molecule has 0 spiro atoms. The maximum Gasteiger partial charge on any atom is 0.269 e. The van der Waals surface area contributed by atoms with Gasteiger partial charge in [0.1, 0.15) is 59.6 Å². The standard InChI is InChI=1S/C55H48FN7O4S.C51H46FN5O4.C7H6N4S.CH4/c1-3-64-49-46-48(59-51(60-49)61-54(39-22-10-4-11-23-39,40-24-12-5-13-25-40)41-26-14-6-15-27-41)63(38-58-46)50-53(2,56)47(67-52(68)62-35-34-57-37-62)45(66-50)36-65-55(42-28-16-7-17-29-42,43-30-18-8-19-31-43)44-32-20-9-21-33-44;1-3-59-46-43-45(54-48(55-46)56-50(36-22-10-4-11-23-36,37-24-12-5-13-25-37)38-26-14-6-15-27-38)57(35-53-43)47-49(2,52)44(58)42(61-47)34-60-51(39-28-16-7-17-29-39,40-30-18-8-19-31-40)41-32-20-9-21-33-41;12-7(10-3-1-8-5-10)11-4-2-9-6-11;/h4-35,37-38,45,47,50H,3,36H2,1-2H3,(H,59,60,61);4-33,35,42,44,47,58H,3,34H2,1-2H3,(H,54,55,56);1-6H;1H4/t45-,47-,50-,53-;42-,44-,47-,49-;;/m11../s1. The molecule has 2 fully saturated rings. The van der Waals surface area contributed by atoms with Gasteiger partial charge in [0.25, 0.3) is 5.17 Å². The zero-order valence-corrected chi connectivity index (χ0v) is 79.1. The number of thiocarbonyl (C=S) groups is 2. The number of aliphatic hydroxyl groups is 1. The highest BCUT2D eigenvalue weighted by Crippen LogP contribution is 2.51. The lowest BCUT2D eigenvalue weighted by Crippen LogP contribution is -2.46. The number of fused-ring (bicyclic) bond motifs is 2. The third-order valence-corrected chi connectivity index (χ3v) is 26.2. The summed E-state index contributed by atoms with van der Waals surface area (Å²) in [4.78, 5) is 41.3. The summed E-state index contributed by atoms with van der Waals surface area (Å²) in [5, 5.41) is 19.9. The molecule has 0 amide bonds. The first kappa shape index (κ1) is 96.5. The van der Waals surface area contributed by atoms with Gasteiger partial charge in [-0.15, -0.1) is 0 Å². The molecule has 28 heteroatoms. The molecule has 0 saturated carbocycles. The van der Waals surface area contributed by atoms with Crippen molar-refractivity contribution in [3.8, 4) is 11.8 Å². The van der Waals surface area contributed by atoms with Gasteiger partial charge in [-0.3, -0.25) is 22.8 Å². The Balaban J connectivity index is 0.000000167. The molecule has 2 aliphatic rings. The number of benzene rings is 12. The van der Waals surface area contributed by atoms with Crippen LogP contribution in [0.2, 0.25) is 0 Å². The summed E-state index contributed by atoms with van der Waals surface area (Å²) < 4.78 is 90.3. The molecular formula is C114H104F2N16O8S2. The highest BCUT2D eigenvalue weighted by Gasteiger charge is 2.60. The number of aliphatic hydroxyl groups excluding tert-OH is 1. The number of nitrogens with one attached hydrogen (secondary N) is 2. The van der Waals surface area contributed by atoms with E-state index in [1.165, 1.54) is 42.0 Å². The number of halogens is 2. The number of aromatic nitrogens is 14. The number of anilines is 2. The second-order valence-electron chi connectivity index (χ2n) is 34.1. The first-order valence-electron chi connectivity index (χ1n) is 46.4. The molecule has 7 aromatic heterocycles. The van der Waals surface area contributed by atoms with Gasteiger partial charge in [-0.1, -0.05) is 371 Å². The fraction of sp³-hybridized carbons (Fsp3) is 0.184. The molecule has 12 aromatic carbocycles. The summed E-state index contributed by atoms with van der Waals surface area (Å²) in [6.07, 6.45) is 10.3. The van der Waals surface area contributed by atoms with Crippen LogP contribution >= 0.6 is 24.4 Å². The number of ether oxygens (including phenoxy) is 7. The van der Waals surface area contributed by atoms with E-state index in [4.69, 9.17) is 82.5 Å². The van der Waals surface area contributed by atoms with Crippen molar-refractivity contribution in [1.82, 2.24) is 67.7 Å². The molecule has 714 valence electrons. The number of hydrogen-bond acceptors (Lipinski definition) is 21. The molecule has 3 N–H and O–H groups in total. The molecule has 2 aliphatic heterocycles. The summed E-state index contributed by atoms with van der Waals surface area (Å²) in [5.74, 6) is 0.860. The van der Waals surface area contributed by atoms with Gasteiger partial charge >= 0.3 is 0 Å². The summed E-state index contributed by atoms with van der Waals surface area (Å²) in [6.45, 7) is 6.81. The van der Waals surface area contributed by atoms with E-state index in [0.29, 0.717) is 22.8 Å². The van der Waals surface area contributed by atoms with E-state index in [1.54, 1.807) is 63.5 Å². The van der Waals surface area contributed by atoms with Crippen LogP contribution in [0.1, 0.15) is 114 Å². The minimum atomic E-state index is -2.30. The minimum Gasteiger partial charge on any atom is -0.476 e. The molecule has 2 saturated heterocycles. The Bertz CT molecular complexity index is 6860. The van der Waals surface area contributed by atoms with Crippen LogP contribution in [0.5, 0.6) is 11.8 Å². The van der Waals surface area contributed by atoms with Crippen LogP contribution in [0.25, 0.3) is 22.3 Å². The van der Waals surface area contributed by atoms with Crippen molar-refractivity contribution >= 4 is 68.9 Å². The molecule has 0 unspecified atom stereocenters. The van der Waals surface area contributed by atoms with Crippen molar-refractivity contribution in [3.05, 3.63) is 500 Å². The Labute approximate surface area is 832 Å². The van der Waals surface area contributed by atoms with Crippen molar-refractivity contribution in [2.24, 2.45) is 0 Å². The summed E-state index contributed by atoms with van der Waals surface area (Å²) >= 11 is 10.9. The highest BCUT2D eigenvalue weighted by molar-refractivity contribution is 7.80. The van der Waals surface area contributed by atoms with Gasteiger partial charge in [0, 0.05) is 37.2 Å². The Morgan fingerprint density at radius 1 is 0.373 bits per heavy atom. The molecule has 8 atom stereocenters. The van der Waals surface area contributed by atoms with Crippen molar-refractivity contribution in [2.75, 3.05) is 37.1 Å². The van der Waals surface area contributed by atoms with Crippen molar-refractivity contribution in [3.63, 3.8) is 0 Å². The van der Waals surface area contributed by atoms with Crippen LogP contribution in [-0.4, -0.2) is 145 Å². The number of imidazole rings is 5. The molecular weight excluding hydrogens is 1820 g/mol. The van der Waals surface area contributed by atoms with Crippen LogP contribution in [0.15, 0.2) is 433 Å². The number of alkyl halides is 2. The zero-order chi connectivity index (χ0) is 96.8. The Hall–Kier alpha value is -15.8. The third-order valence-electron chi connectivity index (χ3n) is 25.5. The first-order valence-corrected chi connectivity index (χ1v) is 47.2. The topological polar surface area (TPSA) is 250 Å². The molecule has 21 rings (SSSR count). The van der Waals surface area contributed by atoms with E-state index in [-0.39, 0.29) is 67.4 Å². The van der Waals surface area contributed by atoms with E-state index in [9.17, 15) is 5.11 Å². The van der Waals surface area contributed by atoms with Crippen LogP contribution in [0.3, 0.4) is 0 Å². The maximum atomic E-state index is 18.4. The minimum absolute atomic E-state index is 0. The molecule has 0 aliphatic carbocycles. The van der Waals surface area contributed by atoms with Gasteiger partial charge < -0.3 is 48.9 Å². The second kappa shape index (κ2) is 42.9. The predicted molar refractivity (Wildman–Crippen MR) is 551 cm³/mol. The van der Waals surface area contributed by atoms with E-state index in [1.807, 2.05) is 305 Å². The molecule has 0 bridgehead atoms. The van der Waals surface area contributed by atoms with Crippen LogP contribution < -0.4 is 20.1 Å². The van der Waals surface area contributed by atoms with Crippen molar-refractivity contribution in [1.29, 1.82) is 0 Å². The van der Waals surface area contributed by atoms with Crippen LogP contribution in [0, 0.1) is 0 Å². The molecule has 19 aromatic rings.